The number of fused-ring (bicyclic) bond motifs is 1. The van der Waals surface area contributed by atoms with Gasteiger partial charge in [0, 0.05) is 40.2 Å². The van der Waals surface area contributed by atoms with Crippen molar-refractivity contribution in [3.63, 3.8) is 0 Å². The molecule has 2 heterocycles. The highest BCUT2D eigenvalue weighted by Crippen LogP contribution is 2.44. The Morgan fingerprint density at radius 1 is 1.27 bits per heavy atom. The maximum absolute atomic E-state index is 13.6. The first-order valence-electron chi connectivity index (χ1n) is 11.3. The zero-order chi connectivity index (χ0) is 23.5. The Hall–Kier alpha value is -2.03. The summed E-state index contributed by atoms with van der Waals surface area (Å²) < 4.78 is 39.6. The number of nitrogens with one attached hydrogen (secondary N) is 2. The molecule has 2 aromatic rings. The maximum atomic E-state index is 13.6. The van der Waals surface area contributed by atoms with Crippen molar-refractivity contribution in [3.8, 4) is 5.75 Å². The summed E-state index contributed by atoms with van der Waals surface area (Å²) in [6, 6.07) is 9.12. The molecule has 0 radical (unpaired) electrons. The minimum atomic E-state index is -2.45. The van der Waals surface area contributed by atoms with Crippen LogP contribution in [0.5, 0.6) is 5.75 Å². The van der Waals surface area contributed by atoms with Crippen molar-refractivity contribution in [1.82, 2.24) is 4.90 Å². The van der Waals surface area contributed by atoms with Gasteiger partial charge in [0.2, 0.25) is 0 Å². The fourth-order valence-electron chi connectivity index (χ4n) is 5.03. The normalized spacial score (nSPS) is 23.3. The van der Waals surface area contributed by atoms with Gasteiger partial charge in [-0.2, -0.15) is 0 Å². The predicted octanol–water partition coefficient (Wildman–Crippen LogP) is 5.99. The third-order valence-electron chi connectivity index (χ3n) is 6.56. The van der Waals surface area contributed by atoms with Crippen LogP contribution >= 0.6 is 15.9 Å². The number of halogens is 3. The molecular formula is C25H30BrF2N3O2. The molecular weight excluding hydrogens is 492 g/mol. The number of methoxy groups -OCH3 is 1. The molecule has 0 saturated carbocycles. The van der Waals surface area contributed by atoms with E-state index < -0.39 is 12.5 Å². The SMILES string of the molecule is COc1cc(Br)ccc1[C@@H]1c2ccc(NC3CCCCO3)c(C=N)c2C[C@@H](C)N1CC(F)F. The molecule has 2 aromatic carbocycles. The number of alkyl halides is 2. The van der Waals surface area contributed by atoms with E-state index in [0.29, 0.717) is 12.2 Å². The topological polar surface area (TPSA) is 57.6 Å². The molecule has 1 saturated heterocycles. The Labute approximate surface area is 202 Å². The van der Waals surface area contributed by atoms with E-state index in [2.05, 4.69) is 21.2 Å². The summed E-state index contributed by atoms with van der Waals surface area (Å²) in [5, 5.41) is 11.6. The molecule has 3 atom stereocenters. The van der Waals surface area contributed by atoms with Crippen molar-refractivity contribution in [1.29, 1.82) is 5.41 Å². The van der Waals surface area contributed by atoms with Gasteiger partial charge < -0.3 is 20.2 Å². The van der Waals surface area contributed by atoms with E-state index in [1.807, 2.05) is 42.2 Å². The highest BCUT2D eigenvalue weighted by molar-refractivity contribution is 9.10. The summed E-state index contributed by atoms with van der Waals surface area (Å²) in [5.74, 6) is 0.642. The molecule has 0 aromatic heterocycles. The predicted molar refractivity (Wildman–Crippen MR) is 130 cm³/mol. The smallest absolute Gasteiger partial charge is 0.251 e. The van der Waals surface area contributed by atoms with Crippen LogP contribution in [0.25, 0.3) is 0 Å². The van der Waals surface area contributed by atoms with Gasteiger partial charge in [0.25, 0.3) is 6.43 Å². The Balaban J connectivity index is 1.82. The molecule has 0 spiro atoms. The fourth-order valence-corrected chi connectivity index (χ4v) is 5.37. The third kappa shape index (κ3) is 5.08. The van der Waals surface area contributed by atoms with Gasteiger partial charge in [-0.1, -0.05) is 28.1 Å². The molecule has 1 unspecified atom stereocenters. The largest absolute Gasteiger partial charge is 0.496 e. The van der Waals surface area contributed by atoms with Gasteiger partial charge in [-0.15, -0.1) is 0 Å². The van der Waals surface area contributed by atoms with E-state index in [0.717, 1.165) is 58.3 Å². The van der Waals surface area contributed by atoms with Gasteiger partial charge in [0.15, 0.2) is 0 Å². The zero-order valence-electron chi connectivity index (χ0n) is 18.9. The molecule has 2 aliphatic heterocycles. The summed E-state index contributed by atoms with van der Waals surface area (Å²) in [4.78, 5) is 1.85. The van der Waals surface area contributed by atoms with Crippen LogP contribution in [-0.4, -0.2) is 50.1 Å². The van der Waals surface area contributed by atoms with E-state index in [-0.39, 0.29) is 18.8 Å². The number of hydrogen-bond acceptors (Lipinski definition) is 5. The molecule has 33 heavy (non-hydrogen) atoms. The molecule has 0 bridgehead atoms. The molecule has 0 aliphatic carbocycles. The van der Waals surface area contributed by atoms with E-state index in [4.69, 9.17) is 14.9 Å². The van der Waals surface area contributed by atoms with E-state index in [1.165, 1.54) is 6.21 Å². The average Bonchev–Trinajstić information content (AvgIpc) is 2.80. The maximum Gasteiger partial charge on any atom is 0.251 e. The molecule has 2 N–H and O–H groups in total. The lowest BCUT2D eigenvalue weighted by Gasteiger charge is -2.43. The number of ether oxygens (including phenoxy) is 2. The second kappa shape index (κ2) is 10.5. The summed E-state index contributed by atoms with van der Waals surface area (Å²) in [7, 11) is 1.59. The fraction of sp³-hybridized carbons (Fsp3) is 0.480. The lowest BCUT2D eigenvalue weighted by molar-refractivity contribution is 0.0342. The Morgan fingerprint density at radius 3 is 2.73 bits per heavy atom. The van der Waals surface area contributed by atoms with Crippen LogP contribution in [0.3, 0.4) is 0 Å². The first-order chi connectivity index (χ1) is 15.9. The third-order valence-corrected chi connectivity index (χ3v) is 7.06. The standard InChI is InChI=1S/C25H30BrF2N3O2/c1-15-11-19-17(8-9-21(20(19)13-29)30-24-5-3-4-10-33-24)25(31(15)14-23(27)28)18-7-6-16(26)12-22(18)32-2/h6-9,12-13,15,23-25,29-30H,3-5,10-11,14H2,1-2H3/t15-,24?,25+/m1/s1. The molecule has 5 nitrogen and oxygen atoms in total. The van der Waals surface area contributed by atoms with Gasteiger partial charge in [0.1, 0.15) is 12.0 Å². The molecule has 0 amide bonds. The van der Waals surface area contributed by atoms with Gasteiger partial charge in [0.05, 0.1) is 19.7 Å². The van der Waals surface area contributed by atoms with Crippen LogP contribution in [-0.2, 0) is 11.2 Å². The lowest BCUT2D eigenvalue weighted by Crippen LogP contribution is -2.45. The molecule has 178 valence electrons. The number of hydrogen-bond donors (Lipinski definition) is 2. The number of benzene rings is 2. The highest BCUT2D eigenvalue weighted by Gasteiger charge is 2.37. The van der Waals surface area contributed by atoms with Crippen LogP contribution in [0.1, 0.15) is 54.5 Å². The Kier molecular flexibility index (Phi) is 7.66. The van der Waals surface area contributed by atoms with Crippen LogP contribution in [0, 0.1) is 5.41 Å². The van der Waals surface area contributed by atoms with Crippen LogP contribution < -0.4 is 10.1 Å². The first-order valence-corrected chi connectivity index (χ1v) is 12.1. The summed E-state index contributed by atoms with van der Waals surface area (Å²) >= 11 is 3.48. The van der Waals surface area contributed by atoms with Crippen LogP contribution in [0.2, 0.25) is 0 Å². The van der Waals surface area contributed by atoms with E-state index in [1.54, 1.807) is 7.11 Å². The van der Waals surface area contributed by atoms with Crippen molar-refractivity contribution < 1.29 is 18.3 Å². The molecule has 1 fully saturated rings. The first kappa shape index (κ1) is 24.1. The Bertz CT molecular complexity index is 998. The van der Waals surface area contributed by atoms with Gasteiger partial charge in [-0.25, -0.2) is 8.78 Å². The van der Waals surface area contributed by atoms with Crippen LogP contribution in [0.15, 0.2) is 34.8 Å². The minimum Gasteiger partial charge on any atom is -0.496 e. The second-order valence-electron chi connectivity index (χ2n) is 8.67. The van der Waals surface area contributed by atoms with E-state index >= 15 is 0 Å². The van der Waals surface area contributed by atoms with Crippen molar-refractivity contribution >= 4 is 27.8 Å². The lowest BCUT2D eigenvalue weighted by atomic mass is 9.82. The minimum absolute atomic E-state index is 0.0748. The van der Waals surface area contributed by atoms with Gasteiger partial charge in [-0.3, -0.25) is 4.90 Å². The van der Waals surface area contributed by atoms with Gasteiger partial charge in [-0.05, 0) is 61.9 Å². The highest BCUT2D eigenvalue weighted by atomic mass is 79.9. The number of nitrogens with zero attached hydrogens (tertiary/aromatic N) is 1. The summed E-state index contributed by atoms with van der Waals surface area (Å²) in [5.41, 5.74) is 4.43. The number of anilines is 1. The van der Waals surface area contributed by atoms with Crippen LogP contribution in [0.4, 0.5) is 14.5 Å². The quantitative estimate of drug-likeness (QED) is 0.439. The monoisotopic (exact) mass is 521 g/mol. The Morgan fingerprint density at radius 2 is 2.06 bits per heavy atom. The molecule has 2 aliphatic rings. The zero-order valence-corrected chi connectivity index (χ0v) is 20.5. The molecule has 4 rings (SSSR count). The van der Waals surface area contributed by atoms with Crippen molar-refractivity contribution in [3.05, 3.63) is 57.1 Å². The van der Waals surface area contributed by atoms with E-state index in [9.17, 15) is 8.78 Å². The van der Waals surface area contributed by atoms with Crippen molar-refractivity contribution in [2.75, 3.05) is 25.6 Å². The second-order valence-corrected chi connectivity index (χ2v) is 9.58. The van der Waals surface area contributed by atoms with Gasteiger partial charge >= 0.3 is 0 Å². The summed E-state index contributed by atoms with van der Waals surface area (Å²) in [6.45, 7) is 2.37. The average molecular weight is 522 g/mol. The summed E-state index contributed by atoms with van der Waals surface area (Å²) in [6.07, 6.45) is 2.52. The van der Waals surface area contributed by atoms with Crippen molar-refractivity contribution in [2.45, 2.75) is 57.3 Å². The molecule has 8 heteroatoms. The number of rotatable bonds is 7. The van der Waals surface area contributed by atoms with Crippen molar-refractivity contribution in [2.24, 2.45) is 0 Å².